The Morgan fingerprint density at radius 3 is 2.45 bits per heavy atom. The molecule has 0 aliphatic heterocycles. The maximum Gasteiger partial charge on any atom is 0.160 e. The first kappa shape index (κ1) is 8.31. The van der Waals surface area contributed by atoms with Gasteiger partial charge < -0.3 is 4.90 Å². The van der Waals surface area contributed by atoms with Gasteiger partial charge in [-0.1, -0.05) is 6.42 Å². The first-order valence-electron chi connectivity index (χ1n) is 4.08. The molecular formula is C9H15NO. The highest BCUT2D eigenvalue weighted by molar-refractivity contribution is 5.92. The van der Waals surface area contributed by atoms with E-state index >= 15 is 0 Å². The smallest absolute Gasteiger partial charge is 0.160 e. The number of hydrogen-bond donors (Lipinski definition) is 0. The van der Waals surface area contributed by atoms with Crippen LogP contribution in [0.25, 0.3) is 0 Å². The highest BCUT2D eigenvalue weighted by Crippen LogP contribution is 2.27. The molecule has 0 unspecified atom stereocenters. The molecule has 0 N–H and O–H groups in total. The number of hydrogen-bond acceptors (Lipinski definition) is 2. The number of carbonyl (C=O) groups is 1. The fourth-order valence-electron chi connectivity index (χ4n) is 1.05. The monoisotopic (exact) mass is 153 g/mol. The minimum absolute atomic E-state index is 0.296. The summed E-state index contributed by atoms with van der Waals surface area (Å²) in [7, 11) is 3.84. The molecule has 0 spiro atoms. The van der Waals surface area contributed by atoms with E-state index in [-0.39, 0.29) is 0 Å². The van der Waals surface area contributed by atoms with Crippen LogP contribution in [0.2, 0.25) is 0 Å². The summed E-state index contributed by atoms with van der Waals surface area (Å²) in [6.07, 6.45) is 6.92. The Morgan fingerprint density at radius 2 is 2.09 bits per heavy atom. The predicted octanol–water partition coefficient (Wildman–Crippen LogP) is 1.43. The van der Waals surface area contributed by atoms with E-state index in [1.807, 2.05) is 25.2 Å². The Bertz CT molecular complexity index is 168. The highest BCUT2D eigenvalue weighted by Gasteiger charge is 2.22. The highest BCUT2D eigenvalue weighted by atomic mass is 16.1. The second kappa shape index (κ2) is 3.56. The zero-order valence-electron chi connectivity index (χ0n) is 7.21. The standard InChI is InChI=1S/C9H15NO/c1-10(2)7-6-9(11)8-4-3-5-8/h6-8H,3-5H2,1-2H3/b7-6+. The molecule has 0 atom stereocenters. The van der Waals surface area contributed by atoms with E-state index in [0.29, 0.717) is 11.7 Å². The van der Waals surface area contributed by atoms with Crippen molar-refractivity contribution in [1.82, 2.24) is 4.90 Å². The lowest BCUT2D eigenvalue weighted by molar-refractivity contribution is -0.120. The van der Waals surface area contributed by atoms with Crippen LogP contribution in [-0.4, -0.2) is 24.8 Å². The van der Waals surface area contributed by atoms with Crippen molar-refractivity contribution in [3.63, 3.8) is 0 Å². The Hall–Kier alpha value is -0.790. The zero-order valence-corrected chi connectivity index (χ0v) is 7.21. The second-order valence-corrected chi connectivity index (χ2v) is 3.31. The summed E-state index contributed by atoms with van der Waals surface area (Å²) in [6, 6.07) is 0. The van der Waals surface area contributed by atoms with Gasteiger partial charge in [0.05, 0.1) is 0 Å². The molecule has 11 heavy (non-hydrogen) atoms. The van der Waals surface area contributed by atoms with E-state index in [4.69, 9.17) is 0 Å². The summed E-state index contributed by atoms with van der Waals surface area (Å²) in [6.45, 7) is 0. The van der Waals surface area contributed by atoms with Crippen LogP contribution < -0.4 is 0 Å². The van der Waals surface area contributed by atoms with Gasteiger partial charge in [0, 0.05) is 26.2 Å². The first-order valence-corrected chi connectivity index (χ1v) is 4.08. The lowest BCUT2D eigenvalue weighted by Crippen LogP contribution is -2.20. The van der Waals surface area contributed by atoms with Gasteiger partial charge in [-0.3, -0.25) is 4.79 Å². The maximum atomic E-state index is 11.2. The number of allylic oxidation sites excluding steroid dienone is 1. The molecule has 62 valence electrons. The molecule has 1 fully saturated rings. The zero-order chi connectivity index (χ0) is 8.27. The van der Waals surface area contributed by atoms with Crippen molar-refractivity contribution in [2.45, 2.75) is 19.3 Å². The fourth-order valence-corrected chi connectivity index (χ4v) is 1.05. The summed E-state index contributed by atoms with van der Waals surface area (Å²) in [5.41, 5.74) is 0. The van der Waals surface area contributed by atoms with E-state index < -0.39 is 0 Å². The normalized spacial score (nSPS) is 18.4. The van der Waals surface area contributed by atoms with E-state index in [2.05, 4.69) is 0 Å². The van der Waals surface area contributed by atoms with Gasteiger partial charge in [0.25, 0.3) is 0 Å². The molecular weight excluding hydrogens is 138 g/mol. The van der Waals surface area contributed by atoms with E-state index in [0.717, 1.165) is 12.8 Å². The van der Waals surface area contributed by atoms with Crippen molar-refractivity contribution in [2.75, 3.05) is 14.1 Å². The van der Waals surface area contributed by atoms with Crippen molar-refractivity contribution >= 4 is 5.78 Å². The van der Waals surface area contributed by atoms with Crippen LogP contribution in [0.4, 0.5) is 0 Å². The van der Waals surface area contributed by atoms with Gasteiger partial charge in [0.2, 0.25) is 0 Å². The van der Waals surface area contributed by atoms with E-state index in [1.54, 1.807) is 6.08 Å². The van der Waals surface area contributed by atoms with E-state index in [9.17, 15) is 4.79 Å². The first-order chi connectivity index (χ1) is 5.20. The third kappa shape index (κ3) is 2.37. The van der Waals surface area contributed by atoms with Crippen LogP contribution in [0.3, 0.4) is 0 Å². The fraction of sp³-hybridized carbons (Fsp3) is 0.667. The molecule has 0 saturated heterocycles. The maximum absolute atomic E-state index is 11.2. The number of rotatable bonds is 3. The van der Waals surface area contributed by atoms with Crippen LogP contribution in [0, 0.1) is 5.92 Å². The quantitative estimate of drug-likeness (QED) is 0.572. The summed E-state index contributed by atoms with van der Waals surface area (Å²) in [5.74, 6) is 0.635. The van der Waals surface area contributed by atoms with Gasteiger partial charge in [-0.05, 0) is 18.9 Å². The number of nitrogens with zero attached hydrogens (tertiary/aromatic N) is 1. The third-order valence-corrected chi connectivity index (χ3v) is 2.04. The van der Waals surface area contributed by atoms with Crippen molar-refractivity contribution in [1.29, 1.82) is 0 Å². The van der Waals surface area contributed by atoms with Crippen molar-refractivity contribution < 1.29 is 4.79 Å². The van der Waals surface area contributed by atoms with Crippen molar-refractivity contribution in [2.24, 2.45) is 5.92 Å². The lowest BCUT2D eigenvalue weighted by atomic mass is 9.82. The average molecular weight is 153 g/mol. The molecule has 0 bridgehead atoms. The Morgan fingerprint density at radius 1 is 1.45 bits per heavy atom. The largest absolute Gasteiger partial charge is 0.383 e. The van der Waals surface area contributed by atoms with Crippen LogP contribution >= 0.6 is 0 Å². The molecule has 0 heterocycles. The number of carbonyl (C=O) groups excluding carboxylic acids is 1. The molecule has 1 saturated carbocycles. The SMILES string of the molecule is CN(C)/C=C/C(=O)C1CCC1. The molecule has 0 aromatic rings. The minimum atomic E-state index is 0.296. The van der Waals surface area contributed by atoms with Crippen LogP contribution in [0.15, 0.2) is 12.3 Å². The van der Waals surface area contributed by atoms with Crippen molar-refractivity contribution in [3.05, 3.63) is 12.3 Å². The Kier molecular flexibility index (Phi) is 2.69. The summed E-state index contributed by atoms with van der Waals surface area (Å²) < 4.78 is 0. The molecule has 2 heteroatoms. The molecule has 0 amide bonds. The van der Waals surface area contributed by atoms with Gasteiger partial charge in [-0.25, -0.2) is 0 Å². The summed E-state index contributed by atoms with van der Waals surface area (Å²) >= 11 is 0. The molecule has 0 aromatic carbocycles. The second-order valence-electron chi connectivity index (χ2n) is 3.31. The summed E-state index contributed by atoms with van der Waals surface area (Å²) in [5, 5.41) is 0. The minimum Gasteiger partial charge on any atom is -0.383 e. The predicted molar refractivity (Wildman–Crippen MR) is 45.2 cm³/mol. The Balaban J connectivity index is 2.30. The molecule has 1 aliphatic carbocycles. The van der Waals surface area contributed by atoms with Crippen LogP contribution in [0.1, 0.15) is 19.3 Å². The molecule has 2 nitrogen and oxygen atoms in total. The van der Waals surface area contributed by atoms with Crippen LogP contribution in [0.5, 0.6) is 0 Å². The Labute approximate surface area is 67.9 Å². The van der Waals surface area contributed by atoms with Gasteiger partial charge in [-0.2, -0.15) is 0 Å². The van der Waals surface area contributed by atoms with Gasteiger partial charge in [0.15, 0.2) is 5.78 Å². The molecule has 0 aromatic heterocycles. The average Bonchev–Trinajstić information content (AvgIpc) is 1.79. The van der Waals surface area contributed by atoms with Gasteiger partial charge >= 0.3 is 0 Å². The van der Waals surface area contributed by atoms with Gasteiger partial charge in [-0.15, -0.1) is 0 Å². The molecule has 0 radical (unpaired) electrons. The number of ketones is 1. The van der Waals surface area contributed by atoms with Crippen molar-refractivity contribution in [3.8, 4) is 0 Å². The third-order valence-electron chi connectivity index (χ3n) is 2.04. The van der Waals surface area contributed by atoms with E-state index in [1.165, 1.54) is 6.42 Å². The topological polar surface area (TPSA) is 20.3 Å². The summed E-state index contributed by atoms with van der Waals surface area (Å²) in [4.78, 5) is 13.1. The lowest BCUT2D eigenvalue weighted by Gasteiger charge is -2.22. The molecule has 1 aliphatic rings. The van der Waals surface area contributed by atoms with Gasteiger partial charge in [0.1, 0.15) is 0 Å². The van der Waals surface area contributed by atoms with Crippen LogP contribution in [-0.2, 0) is 4.79 Å². The molecule has 1 rings (SSSR count).